The summed E-state index contributed by atoms with van der Waals surface area (Å²) in [5, 5.41) is 21.2. The van der Waals surface area contributed by atoms with E-state index in [2.05, 4.69) is 11.1 Å². The Balaban J connectivity index is 1.46. The molecule has 2 fully saturated rings. The Morgan fingerprint density at radius 1 is 1.05 bits per heavy atom. The van der Waals surface area contributed by atoms with Gasteiger partial charge in [-0.25, -0.2) is 0 Å². The summed E-state index contributed by atoms with van der Waals surface area (Å²) in [5.74, 6) is -2.89. The molecular weight excluding hydrogens is 779 g/mol. The van der Waals surface area contributed by atoms with Gasteiger partial charge >= 0.3 is 18.3 Å². The lowest BCUT2D eigenvalue weighted by Gasteiger charge is -2.51. The maximum atomic E-state index is 15.0. The number of allylic oxidation sites excluding steroid dienone is 1. The number of aliphatic imine (C=N–C) groups is 1. The van der Waals surface area contributed by atoms with Crippen LogP contribution >= 0.6 is 11.3 Å². The molecule has 0 bridgehead atoms. The molecule has 5 rings (SSSR count). The van der Waals surface area contributed by atoms with Crippen molar-refractivity contribution in [3.63, 3.8) is 0 Å². The smallest absolute Gasteiger partial charge is 0.425 e. The Morgan fingerprint density at radius 3 is 2.37 bits per heavy atom. The number of thiophene rings is 1. The van der Waals surface area contributed by atoms with Crippen molar-refractivity contribution in [2.45, 2.75) is 115 Å². The molecular formula is C40H46F6N4O6S. The molecule has 57 heavy (non-hydrogen) atoms. The molecule has 2 saturated heterocycles. The maximum Gasteiger partial charge on any atom is 0.425 e. The van der Waals surface area contributed by atoms with Crippen LogP contribution in [0.25, 0.3) is 0 Å². The van der Waals surface area contributed by atoms with Crippen LogP contribution in [0.2, 0.25) is 0 Å². The Hall–Kier alpha value is -4.43. The number of carbonyl (C=O) groups excluding carboxylic acids is 2. The lowest BCUT2D eigenvalue weighted by atomic mass is 9.71. The Bertz CT molecular complexity index is 1910. The summed E-state index contributed by atoms with van der Waals surface area (Å²) in [6, 6.07) is 9.23. The van der Waals surface area contributed by atoms with Gasteiger partial charge in [0, 0.05) is 50.3 Å². The fourth-order valence-corrected chi connectivity index (χ4v) is 8.50. The SMILES string of the molecule is CCCC1N(C(=O)C2=C(C(F)(F)F)CCC=N2)CCCC1(Oc1csc(C(F)(F)F)c1)C(=O)N1CCC(C#N)(c2ccccc2COCCC(C)(C)C(=O)O)CC1. The molecule has 1 aromatic heterocycles. The highest BCUT2D eigenvalue weighted by atomic mass is 32.1. The number of nitriles is 1. The van der Waals surface area contributed by atoms with Crippen LogP contribution in [-0.2, 0) is 37.3 Å². The fourth-order valence-electron chi connectivity index (χ4n) is 7.82. The second-order valence-corrected chi connectivity index (χ2v) is 16.3. The minimum atomic E-state index is -4.84. The predicted octanol–water partition coefficient (Wildman–Crippen LogP) is 8.46. The van der Waals surface area contributed by atoms with Crippen LogP contribution in [0, 0.1) is 16.7 Å². The van der Waals surface area contributed by atoms with Crippen LogP contribution in [0.15, 0.2) is 52.0 Å². The molecule has 2 aromatic rings. The van der Waals surface area contributed by atoms with Crippen molar-refractivity contribution in [2.24, 2.45) is 10.4 Å². The molecule has 2 unspecified atom stereocenters. The molecule has 0 aliphatic carbocycles. The van der Waals surface area contributed by atoms with Gasteiger partial charge in [0.25, 0.3) is 11.8 Å². The average Bonchev–Trinajstić information content (AvgIpc) is 3.66. The second-order valence-electron chi connectivity index (χ2n) is 15.4. The van der Waals surface area contributed by atoms with Gasteiger partial charge in [-0.2, -0.15) is 31.6 Å². The quantitative estimate of drug-likeness (QED) is 0.158. The van der Waals surface area contributed by atoms with E-state index in [0.29, 0.717) is 28.9 Å². The van der Waals surface area contributed by atoms with Gasteiger partial charge in [-0.15, -0.1) is 11.3 Å². The van der Waals surface area contributed by atoms with Gasteiger partial charge in [0.05, 0.1) is 35.1 Å². The third-order valence-electron chi connectivity index (χ3n) is 11.1. The van der Waals surface area contributed by atoms with Crippen LogP contribution in [-0.4, -0.2) is 83.0 Å². The van der Waals surface area contributed by atoms with Gasteiger partial charge in [-0.05, 0) is 69.9 Å². The van der Waals surface area contributed by atoms with Crippen LogP contribution in [0.4, 0.5) is 26.3 Å². The number of nitrogens with zero attached hydrogens (tertiary/aromatic N) is 4. The molecule has 1 aromatic carbocycles. The van der Waals surface area contributed by atoms with Gasteiger partial charge in [0.15, 0.2) is 0 Å². The van der Waals surface area contributed by atoms with Gasteiger partial charge in [-0.3, -0.25) is 19.4 Å². The third kappa shape index (κ3) is 9.33. The number of likely N-dealkylation sites (tertiary alicyclic amines) is 2. The highest BCUT2D eigenvalue weighted by Crippen LogP contribution is 2.45. The van der Waals surface area contributed by atoms with E-state index in [1.807, 2.05) is 6.07 Å². The monoisotopic (exact) mass is 824 g/mol. The zero-order chi connectivity index (χ0) is 41.8. The minimum Gasteiger partial charge on any atom is -0.481 e. The minimum absolute atomic E-state index is 0.0168. The molecule has 1 N–H and O–H groups in total. The number of carboxylic acid groups (broad SMARTS) is 1. The molecule has 4 heterocycles. The standard InChI is InChI=1S/C40H46F6N4O6S/c1-4-9-30-38(56-27-22-31(57-24-27)40(44,45)46,13-8-18-50(30)33(51)32-29(39(41,42)43)12-7-17-48-32)34(52)49-19-14-37(25-47,15-20-49)28-11-6-5-10-26(28)23-55-21-16-36(2,3)35(53)54/h5-6,10-11,17,22,24,30H,4,7-9,12-16,18-21,23H2,1-3H3,(H,53,54). The molecule has 0 saturated carbocycles. The number of hydrogen-bond donors (Lipinski definition) is 1. The predicted molar refractivity (Wildman–Crippen MR) is 198 cm³/mol. The van der Waals surface area contributed by atoms with Crippen LogP contribution in [0.3, 0.4) is 0 Å². The number of ether oxygens (including phenoxy) is 2. The van der Waals surface area contributed by atoms with E-state index in [4.69, 9.17) is 9.47 Å². The van der Waals surface area contributed by atoms with E-state index < -0.39 is 75.2 Å². The highest BCUT2D eigenvalue weighted by Gasteiger charge is 2.57. The summed E-state index contributed by atoms with van der Waals surface area (Å²) in [7, 11) is 0. The average molecular weight is 825 g/mol. The van der Waals surface area contributed by atoms with Crippen molar-refractivity contribution in [2.75, 3.05) is 26.2 Å². The number of halogens is 6. The Kier molecular flexibility index (Phi) is 13.2. The Labute approximate surface area is 331 Å². The van der Waals surface area contributed by atoms with E-state index in [1.165, 1.54) is 16.0 Å². The molecule has 2 amide bonds. The molecule has 3 aliphatic rings. The van der Waals surface area contributed by atoms with Crippen molar-refractivity contribution < 1.29 is 55.3 Å². The van der Waals surface area contributed by atoms with E-state index in [1.54, 1.807) is 39.0 Å². The van der Waals surface area contributed by atoms with Crippen molar-refractivity contribution >= 4 is 35.3 Å². The number of benzene rings is 1. The van der Waals surface area contributed by atoms with Gasteiger partial charge in [0.2, 0.25) is 5.60 Å². The molecule has 2 atom stereocenters. The summed E-state index contributed by atoms with van der Waals surface area (Å²) < 4.78 is 95.8. The summed E-state index contributed by atoms with van der Waals surface area (Å²) in [6.07, 6.45) is -7.72. The number of carboxylic acids is 1. The molecule has 3 aliphatic heterocycles. The van der Waals surface area contributed by atoms with Gasteiger partial charge < -0.3 is 24.4 Å². The van der Waals surface area contributed by atoms with Gasteiger partial charge in [0.1, 0.15) is 16.3 Å². The fraction of sp³-hybridized carbons (Fsp3) is 0.575. The number of piperidine rings is 2. The molecule has 310 valence electrons. The number of amides is 2. The van der Waals surface area contributed by atoms with Crippen molar-refractivity contribution in [3.05, 3.63) is 63.0 Å². The number of alkyl halides is 6. The van der Waals surface area contributed by atoms with Crippen molar-refractivity contribution in [1.29, 1.82) is 5.26 Å². The maximum absolute atomic E-state index is 15.0. The zero-order valence-corrected chi connectivity index (χ0v) is 32.8. The normalized spacial score (nSPS) is 21.6. The van der Waals surface area contributed by atoms with E-state index in [-0.39, 0.29) is 83.5 Å². The summed E-state index contributed by atoms with van der Waals surface area (Å²) in [6.45, 7) is 5.24. The van der Waals surface area contributed by atoms with Crippen LogP contribution < -0.4 is 4.74 Å². The molecule has 0 radical (unpaired) electrons. The first-order valence-corrected chi connectivity index (χ1v) is 19.8. The summed E-state index contributed by atoms with van der Waals surface area (Å²) >= 11 is 0.370. The lowest BCUT2D eigenvalue weighted by Crippen LogP contribution is -2.68. The Morgan fingerprint density at radius 2 is 1.75 bits per heavy atom. The molecule has 17 heteroatoms. The second kappa shape index (κ2) is 17.2. The molecule has 0 spiro atoms. The number of rotatable bonds is 13. The van der Waals surface area contributed by atoms with Crippen molar-refractivity contribution in [1.82, 2.24) is 9.80 Å². The van der Waals surface area contributed by atoms with Crippen LogP contribution in [0.5, 0.6) is 5.75 Å². The number of hydrogen-bond acceptors (Lipinski definition) is 8. The highest BCUT2D eigenvalue weighted by molar-refractivity contribution is 7.10. The van der Waals surface area contributed by atoms with E-state index in [0.717, 1.165) is 11.4 Å². The third-order valence-corrected chi connectivity index (χ3v) is 12.1. The number of carbonyl (C=O) groups is 3. The molecule has 10 nitrogen and oxygen atoms in total. The van der Waals surface area contributed by atoms with E-state index in [9.17, 15) is 46.3 Å². The van der Waals surface area contributed by atoms with Gasteiger partial charge in [-0.1, -0.05) is 37.6 Å². The number of aliphatic carboxylic acids is 1. The first-order chi connectivity index (χ1) is 26.8. The first kappa shape index (κ1) is 43.7. The summed E-state index contributed by atoms with van der Waals surface area (Å²) in [5.41, 5.74) is -4.51. The van der Waals surface area contributed by atoms with Crippen LogP contribution in [0.1, 0.15) is 94.6 Å². The summed E-state index contributed by atoms with van der Waals surface area (Å²) in [4.78, 5) is 46.2. The zero-order valence-electron chi connectivity index (χ0n) is 32.0. The first-order valence-electron chi connectivity index (χ1n) is 18.9. The topological polar surface area (TPSA) is 133 Å². The largest absolute Gasteiger partial charge is 0.481 e. The lowest BCUT2D eigenvalue weighted by molar-refractivity contribution is -0.166. The van der Waals surface area contributed by atoms with E-state index >= 15 is 4.79 Å². The van der Waals surface area contributed by atoms with Crippen molar-refractivity contribution in [3.8, 4) is 11.8 Å².